The number of amides is 1. The van der Waals surface area contributed by atoms with Crippen molar-refractivity contribution in [3.05, 3.63) is 45.0 Å². The van der Waals surface area contributed by atoms with Crippen LogP contribution in [0.1, 0.15) is 49.0 Å². The highest BCUT2D eigenvalue weighted by atomic mass is 35.5. The molecule has 0 saturated heterocycles. The van der Waals surface area contributed by atoms with Crippen LogP contribution in [0.15, 0.2) is 28.8 Å². The highest BCUT2D eigenvalue weighted by Gasteiger charge is 2.45. The predicted octanol–water partition coefficient (Wildman–Crippen LogP) is 4.58. The zero-order valence-corrected chi connectivity index (χ0v) is 18.6. The lowest BCUT2D eigenvalue weighted by Gasteiger charge is -2.37. The lowest BCUT2D eigenvalue weighted by atomic mass is 9.70. The third kappa shape index (κ3) is 4.70. The van der Waals surface area contributed by atoms with E-state index in [1.54, 1.807) is 29.6 Å². The first kappa shape index (κ1) is 21.6. The first-order valence-corrected chi connectivity index (χ1v) is 10.9. The molecule has 152 valence electrons. The number of rotatable bonds is 5. The minimum Gasteiger partial charge on any atom is -0.478 e. The van der Waals surface area contributed by atoms with Gasteiger partial charge in [0.2, 0.25) is 0 Å². The molecule has 1 aliphatic heterocycles. The van der Waals surface area contributed by atoms with Crippen molar-refractivity contribution in [3.63, 3.8) is 0 Å². The number of nitrogens with one attached hydrogen (secondary N) is 1. The number of nitrogens with zero attached hydrogens (tertiary/aromatic N) is 1. The molecule has 1 saturated carbocycles. The first-order chi connectivity index (χ1) is 13.1. The van der Waals surface area contributed by atoms with Crippen molar-refractivity contribution in [1.82, 2.24) is 9.62 Å². The summed E-state index contributed by atoms with van der Waals surface area (Å²) in [7, 11) is 1.79. The number of thioether (sulfide) groups is 1. The quantitative estimate of drug-likeness (QED) is 0.584. The van der Waals surface area contributed by atoms with Crippen molar-refractivity contribution < 1.29 is 14.7 Å². The largest absolute Gasteiger partial charge is 0.478 e. The Morgan fingerprint density at radius 3 is 2.79 bits per heavy atom. The Bertz CT molecular complexity index is 839. The van der Waals surface area contributed by atoms with E-state index < -0.39 is 5.97 Å². The number of halogens is 1. The van der Waals surface area contributed by atoms with Crippen molar-refractivity contribution in [2.45, 2.75) is 44.9 Å². The zero-order valence-electron chi connectivity index (χ0n) is 16.2. The summed E-state index contributed by atoms with van der Waals surface area (Å²) in [5, 5.41) is 13.9. The van der Waals surface area contributed by atoms with Gasteiger partial charge in [-0.2, -0.15) is 0 Å². The standard InChI is InChI=1S/C20H25ClN2O3S2/c1-20(2)7-6-15-14(9-20)16(19(25)26)18(28-15)22-17(24)13-5-4-12(21)8-11(13)10-23(3)27/h4-5,8,14-15,27H,6-7,9-10H2,1-3H3,(H,22,24)(H,25,26). The van der Waals surface area contributed by atoms with Crippen LogP contribution in [0, 0.1) is 11.3 Å². The van der Waals surface area contributed by atoms with Crippen LogP contribution in [0.5, 0.6) is 0 Å². The number of carbonyl (C=O) groups excluding carboxylic acids is 1. The number of benzene rings is 1. The predicted molar refractivity (Wildman–Crippen MR) is 117 cm³/mol. The topological polar surface area (TPSA) is 69.6 Å². The highest BCUT2D eigenvalue weighted by Crippen LogP contribution is 2.53. The lowest BCUT2D eigenvalue weighted by Crippen LogP contribution is -2.32. The number of hydrogen-bond donors (Lipinski definition) is 3. The molecule has 2 unspecified atom stereocenters. The van der Waals surface area contributed by atoms with Crippen molar-refractivity contribution in [2.75, 3.05) is 7.05 Å². The van der Waals surface area contributed by atoms with Gasteiger partial charge >= 0.3 is 5.97 Å². The Kier molecular flexibility index (Phi) is 6.39. The fourth-order valence-corrected chi connectivity index (χ4v) is 5.86. The van der Waals surface area contributed by atoms with E-state index in [9.17, 15) is 14.7 Å². The van der Waals surface area contributed by atoms with E-state index in [4.69, 9.17) is 11.6 Å². The van der Waals surface area contributed by atoms with Gasteiger partial charge in [-0.1, -0.05) is 38.3 Å². The van der Waals surface area contributed by atoms with Gasteiger partial charge < -0.3 is 10.4 Å². The number of carboxylic acid groups (broad SMARTS) is 1. The van der Waals surface area contributed by atoms with E-state index in [0.29, 0.717) is 27.7 Å². The minimum atomic E-state index is -0.945. The molecule has 2 aliphatic rings. The summed E-state index contributed by atoms with van der Waals surface area (Å²) < 4.78 is 1.66. The Labute approximate surface area is 180 Å². The molecule has 5 nitrogen and oxygen atoms in total. The van der Waals surface area contributed by atoms with Crippen LogP contribution in [0.4, 0.5) is 0 Å². The molecule has 1 amide bonds. The summed E-state index contributed by atoms with van der Waals surface area (Å²) >= 11 is 11.8. The Morgan fingerprint density at radius 2 is 2.14 bits per heavy atom. The number of fused-ring (bicyclic) bond motifs is 1. The number of carboxylic acids is 1. The van der Waals surface area contributed by atoms with Gasteiger partial charge in [0, 0.05) is 28.3 Å². The molecule has 0 aromatic heterocycles. The molecular weight excluding hydrogens is 416 g/mol. The van der Waals surface area contributed by atoms with Gasteiger partial charge in [-0.05, 0) is 55.5 Å². The van der Waals surface area contributed by atoms with Crippen LogP contribution in [0.25, 0.3) is 0 Å². The third-order valence-electron chi connectivity index (χ3n) is 5.38. The van der Waals surface area contributed by atoms with Gasteiger partial charge in [-0.25, -0.2) is 4.79 Å². The fraction of sp³-hybridized carbons (Fsp3) is 0.500. The van der Waals surface area contributed by atoms with Crippen LogP contribution < -0.4 is 5.32 Å². The van der Waals surface area contributed by atoms with Crippen molar-refractivity contribution in [1.29, 1.82) is 0 Å². The van der Waals surface area contributed by atoms with Gasteiger partial charge in [-0.3, -0.25) is 9.10 Å². The van der Waals surface area contributed by atoms with Gasteiger partial charge in [0.25, 0.3) is 5.91 Å². The summed E-state index contributed by atoms with van der Waals surface area (Å²) in [6.45, 7) is 4.79. The fourth-order valence-electron chi connectivity index (χ4n) is 4.06. The summed E-state index contributed by atoms with van der Waals surface area (Å²) in [6, 6.07) is 5.07. The molecule has 1 aromatic carbocycles. The maximum absolute atomic E-state index is 13.0. The second-order valence-electron chi connectivity index (χ2n) is 8.29. The monoisotopic (exact) mass is 440 g/mol. The summed E-state index contributed by atoms with van der Waals surface area (Å²) in [5.74, 6) is -1.30. The molecule has 1 fully saturated rings. The molecule has 3 rings (SSSR count). The summed E-state index contributed by atoms with van der Waals surface area (Å²) in [5.41, 5.74) is 1.67. The van der Waals surface area contributed by atoms with Crippen LogP contribution >= 0.6 is 36.2 Å². The average Bonchev–Trinajstić information content (AvgIpc) is 2.90. The van der Waals surface area contributed by atoms with E-state index >= 15 is 0 Å². The van der Waals surface area contributed by atoms with E-state index in [0.717, 1.165) is 24.8 Å². The van der Waals surface area contributed by atoms with Gasteiger partial charge in [0.05, 0.1) is 10.6 Å². The van der Waals surface area contributed by atoms with E-state index in [2.05, 4.69) is 32.0 Å². The molecule has 2 atom stereocenters. The number of carbonyl (C=O) groups is 2. The minimum absolute atomic E-state index is 0.0326. The molecule has 1 aliphatic carbocycles. The van der Waals surface area contributed by atoms with Crippen LogP contribution in [0.3, 0.4) is 0 Å². The Hall–Kier alpha value is -1.15. The molecule has 28 heavy (non-hydrogen) atoms. The molecule has 0 spiro atoms. The van der Waals surface area contributed by atoms with Crippen molar-refractivity contribution in [2.24, 2.45) is 11.3 Å². The first-order valence-electron chi connectivity index (χ1n) is 9.21. The maximum Gasteiger partial charge on any atom is 0.334 e. The smallest absolute Gasteiger partial charge is 0.334 e. The molecule has 1 aromatic rings. The molecule has 8 heteroatoms. The second kappa shape index (κ2) is 8.30. The number of hydrogen-bond acceptors (Lipinski definition) is 5. The van der Waals surface area contributed by atoms with Gasteiger partial charge in [0.15, 0.2) is 0 Å². The average molecular weight is 441 g/mol. The lowest BCUT2D eigenvalue weighted by molar-refractivity contribution is -0.133. The van der Waals surface area contributed by atoms with Crippen molar-refractivity contribution >= 4 is 48.1 Å². The van der Waals surface area contributed by atoms with E-state index in [1.807, 2.05) is 0 Å². The number of aliphatic carboxylic acids is 1. The second-order valence-corrected chi connectivity index (χ2v) is 10.7. The van der Waals surface area contributed by atoms with E-state index in [-0.39, 0.29) is 22.5 Å². The normalized spacial score (nSPS) is 23.6. The highest BCUT2D eigenvalue weighted by molar-refractivity contribution is 8.04. The Morgan fingerprint density at radius 1 is 1.43 bits per heavy atom. The van der Waals surface area contributed by atoms with Crippen LogP contribution in [0.2, 0.25) is 5.02 Å². The maximum atomic E-state index is 13.0. The Balaban J connectivity index is 1.89. The van der Waals surface area contributed by atoms with Crippen LogP contribution in [-0.4, -0.2) is 33.6 Å². The molecular formula is C20H25ClN2O3S2. The molecule has 0 bridgehead atoms. The van der Waals surface area contributed by atoms with E-state index in [1.165, 1.54) is 11.8 Å². The van der Waals surface area contributed by atoms with Crippen LogP contribution in [-0.2, 0) is 11.3 Å². The summed E-state index contributed by atoms with van der Waals surface area (Å²) in [4.78, 5) is 25.0. The zero-order chi connectivity index (χ0) is 20.6. The molecule has 2 N–H and O–H groups in total. The number of thiol groups is 1. The SMILES string of the molecule is CN(S)Cc1cc(Cl)ccc1C(=O)NC1=C(C(=O)O)C2CC(C)(C)CCC2S1. The van der Waals surface area contributed by atoms with Gasteiger partial charge in [0.1, 0.15) is 0 Å². The molecule has 0 radical (unpaired) electrons. The van der Waals surface area contributed by atoms with Crippen molar-refractivity contribution in [3.8, 4) is 0 Å². The summed E-state index contributed by atoms with van der Waals surface area (Å²) in [6.07, 6.45) is 2.84. The van der Waals surface area contributed by atoms with Gasteiger partial charge in [-0.15, -0.1) is 11.8 Å². The molecule has 1 heterocycles. The third-order valence-corrected chi connectivity index (χ3v) is 7.18.